The van der Waals surface area contributed by atoms with Gasteiger partial charge in [-0.2, -0.15) is 5.10 Å². The average molecular weight is 294 g/mol. The van der Waals surface area contributed by atoms with Gasteiger partial charge in [-0.15, -0.1) is 0 Å². The maximum atomic E-state index is 12.0. The van der Waals surface area contributed by atoms with Crippen molar-refractivity contribution in [1.82, 2.24) is 14.5 Å². The predicted molar refractivity (Wildman–Crippen MR) is 78.6 cm³/mol. The molecule has 7 heteroatoms. The van der Waals surface area contributed by atoms with Crippen molar-refractivity contribution in [3.05, 3.63) is 36.2 Å². The number of nitrogens with one attached hydrogen (secondary N) is 2. The van der Waals surface area contributed by atoms with Crippen LogP contribution in [-0.2, 0) is 23.5 Å². The fourth-order valence-corrected chi connectivity index (χ4v) is 2.85. The molecule has 2 aromatic rings. The molecular weight excluding hydrogens is 276 g/mol. The summed E-state index contributed by atoms with van der Waals surface area (Å²) in [7, 11) is -0.271. The summed E-state index contributed by atoms with van der Waals surface area (Å²) in [6.45, 7) is 2.00. The number of nitrogens with zero attached hydrogens (tertiary/aromatic N) is 2. The van der Waals surface area contributed by atoms with Gasteiger partial charge in [-0.05, 0) is 25.6 Å². The molecule has 0 fully saturated rings. The van der Waals surface area contributed by atoms with Crippen LogP contribution >= 0.6 is 0 Å². The maximum Gasteiger partial charge on any atom is 0.242 e. The summed E-state index contributed by atoms with van der Waals surface area (Å²) in [5.74, 6) is 0. The third-order valence-electron chi connectivity index (χ3n) is 2.95. The molecule has 0 radical (unpaired) electrons. The van der Waals surface area contributed by atoms with Crippen LogP contribution in [0.5, 0.6) is 0 Å². The summed E-state index contributed by atoms with van der Waals surface area (Å²) in [5.41, 5.74) is 2.24. The Hall–Kier alpha value is -1.86. The second-order valence-corrected chi connectivity index (χ2v) is 6.20. The van der Waals surface area contributed by atoms with Crippen LogP contribution in [0.4, 0.5) is 11.4 Å². The van der Waals surface area contributed by atoms with Gasteiger partial charge in [0.05, 0.1) is 17.1 Å². The predicted octanol–water partition coefficient (Wildman–Crippen LogP) is 1.63. The van der Waals surface area contributed by atoms with E-state index in [-0.39, 0.29) is 4.90 Å². The molecule has 0 aliphatic carbocycles. The Balaban J connectivity index is 2.44. The number of para-hydroxylation sites is 1. The number of benzene rings is 1. The zero-order chi connectivity index (χ0) is 14.8. The second kappa shape index (κ2) is 5.64. The molecule has 2 N–H and O–H groups in total. The van der Waals surface area contributed by atoms with Crippen LogP contribution in [0.1, 0.15) is 12.6 Å². The van der Waals surface area contributed by atoms with Crippen molar-refractivity contribution in [3.63, 3.8) is 0 Å². The van der Waals surface area contributed by atoms with Crippen molar-refractivity contribution in [1.29, 1.82) is 0 Å². The number of rotatable bonds is 5. The lowest BCUT2D eigenvalue weighted by molar-refractivity contribution is 0.588. The molecular formula is C13H18N4O2S. The first-order valence-corrected chi connectivity index (χ1v) is 7.78. The summed E-state index contributed by atoms with van der Waals surface area (Å²) in [6, 6.07) is 6.78. The molecule has 108 valence electrons. The molecule has 1 aromatic carbocycles. The normalized spacial score (nSPS) is 11.6. The molecule has 1 aromatic heterocycles. The lowest BCUT2D eigenvalue weighted by atomic mass is 10.2. The van der Waals surface area contributed by atoms with Crippen LogP contribution in [0.25, 0.3) is 0 Å². The van der Waals surface area contributed by atoms with Crippen molar-refractivity contribution in [3.8, 4) is 0 Å². The van der Waals surface area contributed by atoms with Crippen molar-refractivity contribution >= 4 is 21.4 Å². The van der Waals surface area contributed by atoms with Gasteiger partial charge >= 0.3 is 0 Å². The Labute approximate surface area is 118 Å². The highest BCUT2D eigenvalue weighted by Crippen LogP contribution is 2.26. The molecule has 0 amide bonds. The molecule has 0 saturated carbocycles. The van der Waals surface area contributed by atoms with E-state index >= 15 is 0 Å². The highest BCUT2D eigenvalue weighted by atomic mass is 32.2. The molecule has 6 nitrogen and oxygen atoms in total. The van der Waals surface area contributed by atoms with Crippen LogP contribution in [0.2, 0.25) is 0 Å². The molecule has 0 bridgehead atoms. The second-order valence-electron chi connectivity index (χ2n) is 4.35. The van der Waals surface area contributed by atoms with E-state index in [1.807, 2.05) is 20.2 Å². The number of aryl methyl sites for hydroxylation is 2. The smallest absolute Gasteiger partial charge is 0.242 e. The number of sulfonamides is 1. The fraction of sp³-hybridized carbons (Fsp3) is 0.308. The molecule has 1 heterocycles. The van der Waals surface area contributed by atoms with Crippen molar-refractivity contribution in [2.24, 2.45) is 7.05 Å². The standard InChI is InChI=1S/C13H18N4O2S/c1-4-10-12(9-17(3)16-10)15-11-7-5-6-8-13(11)20(18,19)14-2/h5-9,14-15H,4H2,1-3H3. The number of anilines is 2. The van der Waals surface area contributed by atoms with E-state index in [0.29, 0.717) is 5.69 Å². The average Bonchev–Trinajstić information content (AvgIpc) is 2.79. The minimum atomic E-state index is -3.50. The topological polar surface area (TPSA) is 76.0 Å². The lowest BCUT2D eigenvalue weighted by Gasteiger charge is -2.11. The van der Waals surface area contributed by atoms with Crippen molar-refractivity contribution in [2.45, 2.75) is 18.2 Å². The Morgan fingerprint density at radius 1 is 1.25 bits per heavy atom. The third-order valence-corrected chi connectivity index (χ3v) is 4.43. The van der Waals surface area contributed by atoms with E-state index in [9.17, 15) is 8.42 Å². The van der Waals surface area contributed by atoms with Crippen LogP contribution in [0.3, 0.4) is 0 Å². The molecule has 0 saturated heterocycles. The largest absolute Gasteiger partial charge is 0.352 e. The van der Waals surface area contributed by atoms with E-state index in [0.717, 1.165) is 17.8 Å². The lowest BCUT2D eigenvalue weighted by Crippen LogP contribution is -2.19. The highest BCUT2D eigenvalue weighted by molar-refractivity contribution is 7.89. The summed E-state index contributed by atoms with van der Waals surface area (Å²) in [5, 5.41) is 7.48. The summed E-state index contributed by atoms with van der Waals surface area (Å²) < 4.78 is 28.0. The molecule has 2 rings (SSSR count). The van der Waals surface area contributed by atoms with E-state index in [4.69, 9.17) is 0 Å². The first-order valence-electron chi connectivity index (χ1n) is 6.30. The number of hydrogen-bond donors (Lipinski definition) is 2. The molecule has 0 unspecified atom stereocenters. The van der Waals surface area contributed by atoms with Gasteiger partial charge in [0.2, 0.25) is 10.0 Å². The van der Waals surface area contributed by atoms with Crippen LogP contribution < -0.4 is 10.0 Å². The summed E-state index contributed by atoms with van der Waals surface area (Å²) in [6.07, 6.45) is 2.60. The van der Waals surface area contributed by atoms with Crippen LogP contribution in [-0.4, -0.2) is 25.2 Å². The van der Waals surface area contributed by atoms with Gasteiger partial charge in [0.25, 0.3) is 0 Å². The van der Waals surface area contributed by atoms with Gasteiger partial charge < -0.3 is 5.32 Å². The highest BCUT2D eigenvalue weighted by Gasteiger charge is 2.17. The first kappa shape index (κ1) is 14.5. The van der Waals surface area contributed by atoms with Gasteiger partial charge in [-0.25, -0.2) is 13.1 Å². The van der Waals surface area contributed by atoms with E-state index in [2.05, 4.69) is 15.1 Å². The Morgan fingerprint density at radius 3 is 2.60 bits per heavy atom. The number of aromatic nitrogens is 2. The molecule has 20 heavy (non-hydrogen) atoms. The minimum absolute atomic E-state index is 0.216. The third kappa shape index (κ3) is 2.83. The Morgan fingerprint density at radius 2 is 1.95 bits per heavy atom. The Bertz CT molecular complexity index is 707. The molecule has 0 atom stereocenters. The van der Waals surface area contributed by atoms with Crippen LogP contribution in [0, 0.1) is 0 Å². The van der Waals surface area contributed by atoms with Crippen molar-refractivity contribution < 1.29 is 8.42 Å². The van der Waals surface area contributed by atoms with Gasteiger partial charge in [0, 0.05) is 13.2 Å². The zero-order valence-corrected chi connectivity index (χ0v) is 12.5. The fourth-order valence-electron chi connectivity index (χ4n) is 1.96. The van der Waals surface area contributed by atoms with E-state index in [1.54, 1.807) is 28.9 Å². The van der Waals surface area contributed by atoms with Crippen LogP contribution in [0.15, 0.2) is 35.4 Å². The van der Waals surface area contributed by atoms with Crippen molar-refractivity contribution in [2.75, 3.05) is 12.4 Å². The van der Waals surface area contributed by atoms with Gasteiger partial charge in [-0.1, -0.05) is 19.1 Å². The minimum Gasteiger partial charge on any atom is -0.352 e. The van der Waals surface area contributed by atoms with Gasteiger partial charge in [0.1, 0.15) is 4.90 Å². The monoisotopic (exact) mass is 294 g/mol. The maximum absolute atomic E-state index is 12.0. The van der Waals surface area contributed by atoms with E-state index in [1.165, 1.54) is 7.05 Å². The summed E-state index contributed by atoms with van der Waals surface area (Å²) in [4.78, 5) is 0.216. The zero-order valence-electron chi connectivity index (χ0n) is 11.7. The molecule has 0 aliphatic rings. The van der Waals surface area contributed by atoms with E-state index < -0.39 is 10.0 Å². The van der Waals surface area contributed by atoms with Gasteiger partial charge in [-0.3, -0.25) is 4.68 Å². The molecule has 0 aliphatic heterocycles. The first-order chi connectivity index (χ1) is 9.47. The Kier molecular flexibility index (Phi) is 4.10. The number of hydrogen-bond acceptors (Lipinski definition) is 4. The SMILES string of the molecule is CCc1nn(C)cc1Nc1ccccc1S(=O)(=O)NC. The van der Waals surface area contributed by atoms with Gasteiger partial charge in [0.15, 0.2) is 0 Å². The summed E-state index contributed by atoms with van der Waals surface area (Å²) >= 11 is 0. The molecule has 0 spiro atoms. The quantitative estimate of drug-likeness (QED) is 0.879.